The molecule has 0 saturated heterocycles. The summed E-state index contributed by atoms with van der Waals surface area (Å²) in [6.07, 6.45) is 4.36. The third-order valence-corrected chi connectivity index (χ3v) is 2.15. The van der Waals surface area contributed by atoms with Crippen LogP contribution in [0.1, 0.15) is 25.0 Å². The summed E-state index contributed by atoms with van der Waals surface area (Å²) in [5, 5.41) is 3.34. The third kappa shape index (κ3) is 3.75. The number of nitrogens with one attached hydrogen (secondary N) is 1. The lowest BCUT2D eigenvalue weighted by molar-refractivity contribution is 0.663. The Balaban J connectivity index is 2.59. The molecule has 1 atom stereocenters. The zero-order valence-electron chi connectivity index (χ0n) is 9.25. The standard InChI is InChI=1S/C13H19N/c1-4-14-12(3)8-9-13-7-5-6-11(2)10-13/h5-10,12,14H,4H2,1-3H3/b9-8+. The fourth-order valence-electron chi connectivity index (χ4n) is 1.42. The van der Waals surface area contributed by atoms with Crippen molar-refractivity contribution in [2.75, 3.05) is 6.54 Å². The van der Waals surface area contributed by atoms with E-state index in [1.165, 1.54) is 11.1 Å². The molecule has 1 rings (SSSR count). The van der Waals surface area contributed by atoms with Gasteiger partial charge in [-0.25, -0.2) is 0 Å². The molecule has 0 aliphatic carbocycles. The Morgan fingerprint density at radius 2 is 2.21 bits per heavy atom. The summed E-state index contributed by atoms with van der Waals surface area (Å²) in [5.74, 6) is 0. The van der Waals surface area contributed by atoms with Gasteiger partial charge in [-0.15, -0.1) is 0 Å². The van der Waals surface area contributed by atoms with E-state index in [1.54, 1.807) is 0 Å². The van der Waals surface area contributed by atoms with Gasteiger partial charge in [0.1, 0.15) is 0 Å². The first-order chi connectivity index (χ1) is 6.72. The predicted molar refractivity (Wildman–Crippen MR) is 63.4 cm³/mol. The lowest BCUT2D eigenvalue weighted by Gasteiger charge is -2.05. The number of benzene rings is 1. The highest BCUT2D eigenvalue weighted by Crippen LogP contribution is 2.06. The maximum atomic E-state index is 3.34. The molecule has 76 valence electrons. The molecule has 0 bridgehead atoms. The molecule has 1 unspecified atom stereocenters. The van der Waals surface area contributed by atoms with Gasteiger partial charge in [-0.2, -0.15) is 0 Å². The van der Waals surface area contributed by atoms with Crippen molar-refractivity contribution in [3.8, 4) is 0 Å². The highest BCUT2D eigenvalue weighted by atomic mass is 14.9. The molecule has 0 aliphatic rings. The van der Waals surface area contributed by atoms with E-state index in [0.29, 0.717) is 6.04 Å². The molecule has 14 heavy (non-hydrogen) atoms. The lowest BCUT2D eigenvalue weighted by Crippen LogP contribution is -2.22. The van der Waals surface area contributed by atoms with Crippen LogP contribution in [0.5, 0.6) is 0 Å². The molecule has 0 amide bonds. The molecule has 1 heteroatoms. The Labute approximate surface area is 86.8 Å². The maximum absolute atomic E-state index is 3.34. The molecule has 0 aliphatic heterocycles. The topological polar surface area (TPSA) is 12.0 Å². The van der Waals surface area contributed by atoms with E-state index in [9.17, 15) is 0 Å². The van der Waals surface area contributed by atoms with Gasteiger partial charge in [-0.05, 0) is 26.0 Å². The molecular weight excluding hydrogens is 170 g/mol. The average Bonchev–Trinajstić information content (AvgIpc) is 2.15. The van der Waals surface area contributed by atoms with E-state index in [2.05, 4.69) is 62.5 Å². The second kappa shape index (κ2) is 5.61. The summed E-state index contributed by atoms with van der Waals surface area (Å²) >= 11 is 0. The van der Waals surface area contributed by atoms with E-state index in [0.717, 1.165) is 6.54 Å². The van der Waals surface area contributed by atoms with Crippen molar-refractivity contribution in [2.45, 2.75) is 26.8 Å². The summed E-state index contributed by atoms with van der Waals surface area (Å²) in [5.41, 5.74) is 2.58. The summed E-state index contributed by atoms with van der Waals surface area (Å²) in [7, 11) is 0. The minimum absolute atomic E-state index is 0.445. The van der Waals surface area contributed by atoms with Crippen molar-refractivity contribution in [1.82, 2.24) is 5.32 Å². The monoisotopic (exact) mass is 189 g/mol. The minimum atomic E-state index is 0.445. The molecule has 1 aromatic rings. The summed E-state index contributed by atoms with van der Waals surface area (Å²) < 4.78 is 0. The third-order valence-electron chi connectivity index (χ3n) is 2.15. The molecule has 0 spiro atoms. The van der Waals surface area contributed by atoms with Gasteiger partial charge >= 0.3 is 0 Å². The van der Waals surface area contributed by atoms with Crippen LogP contribution >= 0.6 is 0 Å². The highest BCUT2D eigenvalue weighted by Gasteiger charge is 1.92. The van der Waals surface area contributed by atoms with Crippen molar-refractivity contribution in [2.24, 2.45) is 0 Å². The van der Waals surface area contributed by atoms with Crippen LogP contribution in [0.3, 0.4) is 0 Å². The summed E-state index contributed by atoms with van der Waals surface area (Å²) in [4.78, 5) is 0. The lowest BCUT2D eigenvalue weighted by atomic mass is 10.1. The first kappa shape index (κ1) is 11.0. The SMILES string of the molecule is CCNC(C)/C=C/c1cccc(C)c1. The van der Waals surface area contributed by atoms with Crippen molar-refractivity contribution in [1.29, 1.82) is 0 Å². The molecule has 0 radical (unpaired) electrons. The van der Waals surface area contributed by atoms with Gasteiger partial charge in [0.25, 0.3) is 0 Å². The maximum Gasteiger partial charge on any atom is 0.0224 e. The second-order valence-electron chi connectivity index (χ2n) is 3.62. The normalized spacial score (nSPS) is 13.4. The molecule has 0 heterocycles. The van der Waals surface area contributed by atoms with E-state index in [-0.39, 0.29) is 0 Å². The van der Waals surface area contributed by atoms with Crippen molar-refractivity contribution >= 4 is 6.08 Å². The molecule has 1 N–H and O–H groups in total. The van der Waals surface area contributed by atoms with Gasteiger partial charge < -0.3 is 5.32 Å². The van der Waals surface area contributed by atoms with Gasteiger partial charge in [0.15, 0.2) is 0 Å². The minimum Gasteiger partial charge on any atom is -0.311 e. The zero-order chi connectivity index (χ0) is 10.4. The van der Waals surface area contributed by atoms with E-state index < -0.39 is 0 Å². The van der Waals surface area contributed by atoms with Crippen LogP contribution < -0.4 is 5.32 Å². The Bertz CT molecular complexity index is 302. The average molecular weight is 189 g/mol. The van der Waals surface area contributed by atoms with E-state index >= 15 is 0 Å². The van der Waals surface area contributed by atoms with Gasteiger partial charge in [-0.3, -0.25) is 0 Å². The summed E-state index contributed by atoms with van der Waals surface area (Å²) in [6.45, 7) is 7.41. The van der Waals surface area contributed by atoms with E-state index in [1.807, 2.05) is 0 Å². The first-order valence-corrected chi connectivity index (χ1v) is 5.20. The quantitative estimate of drug-likeness (QED) is 0.767. The summed E-state index contributed by atoms with van der Waals surface area (Å²) in [6, 6.07) is 8.97. The van der Waals surface area contributed by atoms with Gasteiger partial charge in [0.2, 0.25) is 0 Å². The molecule has 1 nitrogen and oxygen atoms in total. The Kier molecular flexibility index (Phi) is 4.41. The van der Waals surface area contributed by atoms with Gasteiger partial charge in [0, 0.05) is 6.04 Å². The molecule has 1 aromatic carbocycles. The van der Waals surface area contributed by atoms with Crippen molar-refractivity contribution in [3.05, 3.63) is 41.5 Å². The smallest absolute Gasteiger partial charge is 0.0224 e. The Morgan fingerprint density at radius 1 is 1.43 bits per heavy atom. The van der Waals surface area contributed by atoms with Crippen molar-refractivity contribution in [3.63, 3.8) is 0 Å². The molecule has 0 aromatic heterocycles. The molecule has 0 fully saturated rings. The van der Waals surface area contributed by atoms with Crippen LogP contribution in [-0.4, -0.2) is 12.6 Å². The molecule has 0 saturated carbocycles. The number of aryl methyl sites for hydroxylation is 1. The number of hydrogen-bond acceptors (Lipinski definition) is 1. The van der Waals surface area contributed by atoms with Crippen LogP contribution in [-0.2, 0) is 0 Å². The number of likely N-dealkylation sites (N-methyl/N-ethyl adjacent to an activating group) is 1. The predicted octanol–water partition coefficient (Wildman–Crippen LogP) is 3.01. The fraction of sp³-hybridized carbons (Fsp3) is 0.385. The molecular formula is C13H19N. The van der Waals surface area contributed by atoms with Gasteiger partial charge in [0.05, 0.1) is 0 Å². The Hall–Kier alpha value is -1.08. The fourth-order valence-corrected chi connectivity index (χ4v) is 1.42. The van der Waals surface area contributed by atoms with Crippen LogP contribution in [0.2, 0.25) is 0 Å². The zero-order valence-corrected chi connectivity index (χ0v) is 9.25. The van der Waals surface area contributed by atoms with E-state index in [4.69, 9.17) is 0 Å². The largest absolute Gasteiger partial charge is 0.311 e. The van der Waals surface area contributed by atoms with Crippen LogP contribution in [0.15, 0.2) is 30.3 Å². The Morgan fingerprint density at radius 3 is 2.86 bits per heavy atom. The van der Waals surface area contributed by atoms with Crippen LogP contribution in [0.25, 0.3) is 6.08 Å². The van der Waals surface area contributed by atoms with Crippen LogP contribution in [0.4, 0.5) is 0 Å². The second-order valence-corrected chi connectivity index (χ2v) is 3.62. The number of rotatable bonds is 4. The van der Waals surface area contributed by atoms with Crippen LogP contribution in [0, 0.1) is 6.92 Å². The first-order valence-electron chi connectivity index (χ1n) is 5.20. The number of hydrogen-bond donors (Lipinski definition) is 1. The van der Waals surface area contributed by atoms with Crippen molar-refractivity contribution < 1.29 is 0 Å². The highest BCUT2D eigenvalue weighted by molar-refractivity contribution is 5.50. The van der Waals surface area contributed by atoms with Gasteiger partial charge in [-0.1, -0.05) is 48.9 Å².